The molecule has 2 aliphatic heterocycles. The van der Waals surface area contributed by atoms with Gasteiger partial charge in [-0.25, -0.2) is 4.99 Å². The number of anilines is 1. The summed E-state index contributed by atoms with van der Waals surface area (Å²) in [5.41, 5.74) is 5.55. The zero-order valence-electron chi connectivity index (χ0n) is 16.0. The molecule has 8 heteroatoms. The van der Waals surface area contributed by atoms with Crippen LogP contribution in [0.1, 0.15) is 30.5 Å². The van der Waals surface area contributed by atoms with Gasteiger partial charge in [0.1, 0.15) is 6.61 Å². The molecule has 0 bridgehead atoms. The average molecular weight is 410 g/mol. The van der Waals surface area contributed by atoms with Gasteiger partial charge in [-0.15, -0.1) is 0 Å². The minimum absolute atomic E-state index is 0.195. The summed E-state index contributed by atoms with van der Waals surface area (Å²) in [6, 6.07) is 3.79. The van der Waals surface area contributed by atoms with Gasteiger partial charge < -0.3 is 15.4 Å². The molecule has 3 heterocycles. The number of halogens is 1. The molecule has 0 spiro atoms. The molecular weight excluding hydrogens is 390 g/mol. The van der Waals surface area contributed by atoms with Crippen LogP contribution in [0.4, 0.5) is 5.69 Å². The van der Waals surface area contributed by atoms with E-state index in [4.69, 9.17) is 16.3 Å². The number of hydrogen-bond donors (Lipinski definition) is 3. The van der Waals surface area contributed by atoms with E-state index < -0.39 is 0 Å². The van der Waals surface area contributed by atoms with Crippen molar-refractivity contribution in [3.8, 4) is 0 Å². The highest BCUT2D eigenvalue weighted by Crippen LogP contribution is 2.40. The number of carbonyl (C=O) groups is 1. The Morgan fingerprint density at radius 3 is 2.90 bits per heavy atom. The molecule has 2 aromatic rings. The molecule has 1 aromatic heterocycles. The van der Waals surface area contributed by atoms with Crippen LogP contribution in [0.25, 0.3) is 17.2 Å². The van der Waals surface area contributed by atoms with Gasteiger partial charge in [0.25, 0.3) is 5.91 Å². The zero-order chi connectivity index (χ0) is 20.4. The third kappa shape index (κ3) is 3.95. The first-order chi connectivity index (χ1) is 14.0. The minimum atomic E-state index is -0.195. The van der Waals surface area contributed by atoms with Crippen LogP contribution in [0.15, 0.2) is 47.2 Å². The number of benzene rings is 1. The van der Waals surface area contributed by atoms with Crippen LogP contribution in [0.3, 0.4) is 0 Å². The quantitative estimate of drug-likeness (QED) is 0.528. The summed E-state index contributed by atoms with van der Waals surface area (Å²) in [7, 11) is 0. The van der Waals surface area contributed by atoms with Crippen LogP contribution < -0.4 is 10.6 Å². The molecule has 4 rings (SSSR count). The van der Waals surface area contributed by atoms with Gasteiger partial charge in [-0.2, -0.15) is 5.10 Å². The third-order valence-corrected chi connectivity index (χ3v) is 4.88. The van der Waals surface area contributed by atoms with E-state index in [1.807, 2.05) is 26.0 Å². The van der Waals surface area contributed by atoms with Gasteiger partial charge in [-0.05, 0) is 43.2 Å². The Balaban J connectivity index is 1.75. The Kier molecular flexibility index (Phi) is 5.22. The van der Waals surface area contributed by atoms with Crippen molar-refractivity contribution in [1.82, 2.24) is 15.5 Å². The number of H-pyrrole nitrogens is 1. The number of nitrogens with one attached hydrogen (secondary N) is 3. The van der Waals surface area contributed by atoms with Gasteiger partial charge in [0.05, 0.1) is 23.1 Å². The highest BCUT2D eigenvalue weighted by molar-refractivity contribution is 6.41. The molecule has 0 saturated heterocycles. The first kappa shape index (κ1) is 19.0. The lowest BCUT2D eigenvalue weighted by Crippen LogP contribution is -2.19. The first-order valence-corrected chi connectivity index (χ1v) is 9.55. The van der Waals surface area contributed by atoms with Gasteiger partial charge in [0.2, 0.25) is 5.88 Å². The Bertz CT molecular complexity index is 1080. The van der Waals surface area contributed by atoms with Crippen LogP contribution in [-0.2, 0) is 9.53 Å². The van der Waals surface area contributed by atoms with Crippen LogP contribution in [0, 0.1) is 0 Å². The van der Waals surface area contributed by atoms with Gasteiger partial charge in [0, 0.05) is 35.7 Å². The fourth-order valence-electron chi connectivity index (χ4n) is 3.17. The van der Waals surface area contributed by atoms with Crippen molar-refractivity contribution in [3.63, 3.8) is 0 Å². The number of hydrogen-bond acceptors (Lipinski definition) is 5. The summed E-state index contributed by atoms with van der Waals surface area (Å²) < 4.78 is 5.51. The fraction of sp³-hybridized carbons (Fsp3) is 0.190. The summed E-state index contributed by atoms with van der Waals surface area (Å²) in [6.45, 7) is 5.35. The summed E-state index contributed by atoms with van der Waals surface area (Å²) in [5.74, 6) is 0.333. The fourth-order valence-corrected chi connectivity index (χ4v) is 3.43. The zero-order valence-corrected chi connectivity index (χ0v) is 16.8. The van der Waals surface area contributed by atoms with Gasteiger partial charge in [-0.1, -0.05) is 17.2 Å². The molecule has 0 fully saturated rings. The van der Waals surface area contributed by atoms with Crippen molar-refractivity contribution >= 4 is 46.6 Å². The highest BCUT2D eigenvalue weighted by atomic mass is 35.5. The minimum Gasteiger partial charge on any atom is -0.475 e. The molecule has 0 atom stereocenters. The molecule has 0 aliphatic carbocycles. The lowest BCUT2D eigenvalue weighted by Gasteiger charge is -2.13. The molecule has 29 heavy (non-hydrogen) atoms. The molecular formula is C21H20ClN5O2. The van der Waals surface area contributed by atoms with E-state index in [2.05, 4.69) is 25.8 Å². The highest BCUT2D eigenvalue weighted by Gasteiger charge is 2.27. The van der Waals surface area contributed by atoms with Crippen molar-refractivity contribution in [2.45, 2.75) is 13.8 Å². The SMILES string of the molecule is CC(C)=C(C=NC1=CNCCO1)c1cc(Cl)c2c(c1)/C(=C/c1cn[nH]c1)C(=O)N2. The molecule has 0 unspecified atom stereocenters. The van der Waals surface area contributed by atoms with Crippen LogP contribution in [0.2, 0.25) is 5.02 Å². The summed E-state index contributed by atoms with van der Waals surface area (Å²) in [6.07, 6.45) is 8.67. The number of allylic oxidation sites excluding steroid dienone is 2. The first-order valence-electron chi connectivity index (χ1n) is 9.17. The molecule has 0 saturated carbocycles. The topological polar surface area (TPSA) is 91.4 Å². The van der Waals surface area contributed by atoms with E-state index in [9.17, 15) is 4.79 Å². The monoisotopic (exact) mass is 409 g/mol. The molecule has 1 aromatic carbocycles. The summed E-state index contributed by atoms with van der Waals surface area (Å²) >= 11 is 6.51. The maximum absolute atomic E-state index is 12.5. The van der Waals surface area contributed by atoms with Gasteiger partial charge in [0.15, 0.2) is 0 Å². The largest absolute Gasteiger partial charge is 0.475 e. The van der Waals surface area contributed by atoms with Crippen molar-refractivity contribution in [2.75, 3.05) is 18.5 Å². The lowest BCUT2D eigenvalue weighted by molar-refractivity contribution is -0.110. The molecule has 3 N–H and O–H groups in total. The number of aromatic nitrogens is 2. The third-order valence-electron chi connectivity index (χ3n) is 4.59. The number of carbonyl (C=O) groups excluding carboxylic acids is 1. The molecule has 7 nitrogen and oxygen atoms in total. The second-order valence-corrected chi connectivity index (χ2v) is 7.29. The second-order valence-electron chi connectivity index (χ2n) is 6.88. The van der Waals surface area contributed by atoms with Gasteiger partial charge in [-0.3, -0.25) is 9.89 Å². The van der Waals surface area contributed by atoms with E-state index in [0.717, 1.165) is 34.4 Å². The molecule has 0 radical (unpaired) electrons. The number of amides is 1. The normalized spacial score (nSPS) is 16.9. The standard InChI is InChI=1S/C21H20ClN5O2/c1-12(2)17(10-24-19-11-23-3-4-29-19)14-6-15-16(5-13-8-25-26-9-13)21(28)27-20(15)18(22)7-14/h5-11,23H,3-4H2,1-2H3,(H,25,26)(H,27,28)/b16-5-,24-10?. The Labute approximate surface area is 173 Å². The van der Waals surface area contributed by atoms with Crippen LogP contribution >= 0.6 is 11.6 Å². The maximum Gasteiger partial charge on any atom is 0.256 e. The van der Waals surface area contributed by atoms with Crippen LogP contribution in [-0.4, -0.2) is 35.5 Å². The van der Waals surface area contributed by atoms with Crippen molar-refractivity contribution in [3.05, 3.63) is 63.9 Å². The molecule has 1 amide bonds. The van der Waals surface area contributed by atoms with Gasteiger partial charge >= 0.3 is 0 Å². The Morgan fingerprint density at radius 1 is 1.34 bits per heavy atom. The van der Waals surface area contributed by atoms with E-state index in [0.29, 0.717) is 28.8 Å². The molecule has 2 aliphatic rings. The molecule has 148 valence electrons. The van der Waals surface area contributed by atoms with E-state index in [1.165, 1.54) is 0 Å². The summed E-state index contributed by atoms with van der Waals surface area (Å²) in [4.78, 5) is 17.0. The average Bonchev–Trinajstić information content (AvgIpc) is 3.32. The number of fused-ring (bicyclic) bond motifs is 1. The lowest BCUT2D eigenvalue weighted by atomic mass is 9.97. The van der Waals surface area contributed by atoms with Crippen molar-refractivity contribution < 1.29 is 9.53 Å². The number of rotatable bonds is 4. The number of aromatic amines is 1. The number of ether oxygens (including phenoxy) is 1. The Morgan fingerprint density at radius 2 is 2.21 bits per heavy atom. The smallest absolute Gasteiger partial charge is 0.256 e. The number of aliphatic imine (C=N–C) groups is 1. The van der Waals surface area contributed by atoms with E-state index in [1.54, 1.807) is 30.9 Å². The van der Waals surface area contributed by atoms with Crippen LogP contribution in [0.5, 0.6) is 0 Å². The summed E-state index contributed by atoms with van der Waals surface area (Å²) in [5, 5.41) is 13.1. The predicted molar refractivity (Wildman–Crippen MR) is 115 cm³/mol. The van der Waals surface area contributed by atoms with E-state index in [-0.39, 0.29) is 5.91 Å². The number of nitrogens with zero attached hydrogens (tertiary/aromatic N) is 2. The van der Waals surface area contributed by atoms with E-state index >= 15 is 0 Å². The predicted octanol–water partition coefficient (Wildman–Crippen LogP) is 3.84. The van der Waals surface area contributed by atoms with Crippen molar-refractivity contribution in [2.24, 2.45) is 4.99 Å². The van der Waals surface area contributed by atoms with Crippen molar-refractivity contribution in [1.29, 1.82) is 0 Å². The Hall–Kier alpha value is -3.32. The second kappa shape index (κ2) is 7.97. The maximum atomic E-state index is 12.5.